The van der Waals surface area contributed by atoms with E-state index in [4.69, 9.17) is 9.47 Å². The Bertz CT molecular complexity index is 751. The van der Waals surface area contributed by atoms with Crippen molar-refractivity contribution in [1.29, 1.82) is 0 Å². The standard InChI is InChI=1S/C30H51NO8/c1-3-5-7-8-9-10-11-12-13-14-15-16-18-20-26(34)31-23(24(33)19-17-6-4-2)22-38-30-29(37)28(36)27(35)25(21-32)39-30/h5,7,9-10,12-13,15-16,23-25,27-30,32-33,35-37H,3-4,6,8,11,14,17-22H2,1-2H3,(H,31,34)/b7-5-,10-9-,13-12-,16-15-. The van der Waals surface area contributed by atoms with Crippen molar-refractivity contribution in [3.05, 3.63) is 48.6 Å². The lowest BCUT2D eigenvalue weighted by Gasteiger charge is -2.40. The average Bonchev–Trinajstić information content (AvgIpc) is 2.93. The molecule has 6 N–H and O–H groups in total. The van der Waals surface area contributed by atoms with Crippen LogP contribution in [0.25, 0.3) is 0 Å². The summed E-state index contributed by atoms with van der Waals surface area (Å²) in [6, 6.07) is -0.751. The van der Waals surface area contributed by atoms with Crippen LogP contribution in [0, 0.1) is 0 Å². The van der Waals surface area contributed by atoms with E-state index in [1.807, 2.05) is 12.2 Å². The van der Waals surface area contributed by atoms with Crippen molar-refractivity contribution in [2.45, 2.75) is 121 Å². The molecule has 7 unspecified atom stereocenters. The Kier molecular flexibility index (Phi) is 19.8. The first-order chi connectivity index (χ1) is 18.8. The normalized spacial score (nSPS) is 25.8. The van der Waals surface area contributed by atoms with Crippen LogP contribution in [0.1, 0.15) is 78.1 Å². The highest BCUT2D eigenvalue weighted by Gasteiger charge is 2.44. The molecule has 1 amide bonds. The smallest absolute Gasteiger partial charge is 0.220 e. The molecule has 0 spiro atoms. The maximum Gasteiger partial charge on any atom is 0.220 e. The molecule has 1 fully saturated rings. The van der Waals surface area contributed by atoms with Crippen LogP contribution in [-0.2, 0) is 14.3 Å². The summed E-state index contributed by atoms with van der Waals surface area (Å²) in [5.41, 5.74) is 0. The highest BCUT2D eigenvalue weighted by Crippen LogP contribution is 2.22. The highest BCUT2D eigenvalue weighted by atomic mass is 16.7. The van der Waals surface area contributed by atoms with Gasteiger partial charge in [0.15, 0.2) is 6.29 Å². The van der Waals surface area contributed by atoms with E-state index in [9.17, 15) is 30.3 Å². The molecule has 39 heavy (non-hydrogen) atoms. The van der Waals surface area contributed by atoms with Crippen molar-refractivity contribution in [1.82, 2.24) is 5.32 Å². The molecule has 1 saturated heterocycles. The molecule has 0 aromatic carbocycles. The van der Waals surface area contributed by atoms with Crippen LogP contribution in [0.5, 0.6) is 0 Å². The lowest BCUT2D eigenvalue weighted by Crippen LogP contribution is -2.60. The zero-order chi connectivity index (χ0) is 28.9. The van der Waals surface area contributed by atoms with E-state index in [1.165, 1.54) is 0 Å². The van der Waals surface area contributed by atoms with Gasteiger partial charge in [-0.05, 0) is 38.5 Å². The summed E-state index contributed by atoms with van der Waals surface area (Å²) >= 11 is 0. The number of amides is 1. The van der Waals surface area contributed by atoms with Crippen molar-refractivity contribution in [3.63, 3.8) is 0 Å². The predicted octanol–water partition coefficient (Wildman–Crippen LogP) is 2.81. The SMILES string of the molecule is CC/C=C\C/C=C\C/C=C\C/C=C\CCC(=O)NC(COC1OC(CO)C(O)C(O)C1O)C(O)CCCCC. The molecule has 224 valence electrons. The van der Waals surface area contributed by atoms with E-state index in [1.54, 1.807) is 0 Å². The number of hydrogen-bond acceptors (Lipinski definition) is 8. The van der Waals surface area contributed by atoms with Gasteiger partial charge in [-0.1, -0.05) is 81.7 Å². The second kappa shape index (κ2) is 21.9. The van der Waals surface area contributed by atoms with E-state index in [2.05, 4.69) is 55.6 Å². The molecular formula is C30H51NO8. The lowest BCUT2D eigenvalue weighted by molar-refractivity contribution is -0.302. The summed E-state index contributed by atoms with van der Waals surface area (Å²) in [5.74, 6) is -0.241. The van der Waals surface area contributed by atoms with Gasteiger partial charge in [0.25, 0.3) is 0 Å². The molecular weight excluding hydrogens is 502 g/mol. The summed E-state index contributed by atoms with van der Waals surface area (Å²) in [6.45, 7) is 3.43. The Morgan fingerprint density at radius 1 is 0.897 bits per heavy atom. The van der Waals surface area contributed by atoms with Crippen LogP contribution >= 0.6 is 0 Å². The zero-order valence-corrected chi connectivity index (χ0v) is 23.6. The van der Waals surface area contributed by atoms with Gasteiger partial charge in [0.1, 0.15) is 24.4 Å². The Labute approximate surface area is 233 Å². The van der Waals surface area contributed by atoms with E-state index < -0.39 is 49.5 Å². The molecule has 9 heteroatoms. The van der Waals surface area contributed by atoms with Crippen molar-refractivity contribution >= 4 is 5.91 Å². The van der Waals surface area contributed by atoms with Crippen LogP contribution in [-0.4, -0.2) is 87.5 Å². The van der Waals surface area contributed by atoms with Crippen LogP contribution in [0.3, 0.4) is 0 Å². The predicted molar refractivity (Wildman–Crippen MR) is 152 cm³/mol. The topological polar surface area (TPSA) is 149 Å². The van der Waals surface area contributed by atoms with E-state index in [0.29, 0.717) is 12.8 Å². The van der Waals surface area contributed by atoms with Crippen molar-refractivity contribution in [2.24, 2.45) is 0 Å². The summed E-state index contributed by atoms with van der Waals surface area (Å²) in [5, 5.41) is 53.0. The number of aliphatic hydroxyl groups is 5. The number of carbonyl (C=O) groups excluding carboxylic acids is 1. The number of ether oxygens (including phenoxy) is 2. The number of nitrogens with one attached hydrogen (secondary N) is 1. The van der Waals surface area contributed by atoms with Crippen LogP contribution in [0.15, 0.2) is 48.6 Å². The van der Waals surface area contributed by atoms with Gasteiger partial charge in [-0.25, -0.2) is 0 Å². The summed E-state index contributed by atoms with van der Waals surface area (Å²) in [4.78, 5) is 12.6. The quantitative estimate of drug-likeness (QED) is 0.0996. The fraction of sp³-hybridized carbons (Fsp3) is 0.700. The molecule has 1 aliphatic heterocycles. The third-order valence-corrected chi connectivity index (χ3v) is 6.46. The second-order valence-corrected chi connectivity index (χ2v) is 9.81. The average molecular weight is 554 g/mol. The molecule has 0 aliphatic carbocycles. The number of rotatable bonds is 20. The Morgan fingerprint density at radius 2 is 1.51 bits per heavy atom. The van der Waals surface area contributed by atoms with E-state index in [-0.39, 0.29) is 18.9 Å². The Morgan fingerprint density at radius 3 is 2.10 bits per heavy atom. The molecule has 0 saturated carbocycles. The van der Waals surface area contributed by atoms with Gasteiger partial charge in [-0.15, -0.1) is 0 Å². The number of unbranched alkanes of at least 4 members (excludes halogenated alkanes) is 2. The maximum atomic E-state index is 12.6. The first kappa shape index (κ1) is 35.2. The second-order valence-electron chi connectivity index (χ2n) is 9.81. The van der Waals surface area contributed by atoms with Crippen molar-refractivity contribution in [2.75, 3.05) is 13.2 Å². The number of hydrogen-bond donors (Lipinski definition) is 6. The van der Waals surface area contributed by atoms with E-state index >= 15 is 0 Å². The summed E-state index contributed by atoms with van der Waals surface area (Å²) < 4.78 is 11.0. The minimum Gasteiger partial charge on any atom is -0.394 e. The molecule has 0 aromatic rings. The van der Waals surface area contributed by atoms with Crippen molar-refractivity contribution in [3.8, 4) is 0 Å². The molecule has 1 aliphatic rings. The molecule has 0 radical (unpaired) electrons. The van der Waals surface area contributed by atoms with Gasteiger partial charge in [-0.2, -0.15) is 0 Å². The minimum absolute atomic E-state index is 0.175. The number of allylic oxidation sites excluding steroid dienone is 8. The number of aliphatic hydroxyl groups excluding tert-OH is 5. The molecule has 0 bridgehead atoms. The minimum atomic E-state index is -1.56. The van der Waals surface area contributed by atoms with Crippen LogP contribution in [0.2, 0.25) is 0 Å². The fourth-order valence-electron chi connectivity index (χ4n) is 4.05. The summed E-state index contributed by atoms with van der Waals surface area (Å²) in [7, 11) is 0. The number of carbonyl (C=O) groups is 1. The first-order valence-electron chi connectivity index (χ1n) is 14.3. The monoisotopic (exact) mass is 553 g/mol. The molecule has 1 heterocycles. The Hall–Kier alpha value is -1.85. The maximum absolute atomic E-state index is 12.6. The van der Waals surface area contributed by atoms with Gasteiger partial charge in [0, 0.05) is 6.42 Å². The Balaban J connectivity index is 2.50. The largest absolute Gasteiger partial charge is 0.394 e. The first-order valence-corrected chi connectivity index (χ1v) is 14.3. The van der Waals surface area contributed by atoms with Gasteiger partial charge < -0.3 is 40.3 Å². The van der Waals surface area contributed by atoms with Gasteiger partial charge in [0.2, 0.25) is 5.91 Å². The third-order valence-electron chi connectivity index (χ3n) is 6.46. The van der Waals surface area contributed by atoms with Gasteiger partial charge in [-0.3, -0.25) is 4.79 Å². The lowest BCUT2D eigenvalue weighted by atomic mass is 9.99. The van der Waals surface area contributed by atoms with Gasteiger partial charge >= 0.3 is 0 Å². The molecule has 9 nitrogen and oxygen atoms in total. The fourth-order valence-corrected chi connectivity index (χ4v) is 4.05. The highest BCUT2D eigenvalue weighted by molar-refractivity contribution is 5.76. The molecule has 0 aromatic heterocycles. The van der Waals surface area contributed by atoms with Gasteiger partial charge in [0.05, 0.1) is 25.4 Å². The van der Waals surface area contributed by atoms with E-state index in [0.717, 1.165) is 44.9 Å². The van der Waals surface area contributed by atoms with Crippen molar-refractivity contribution < 1.29 is 39.8 Å². The van der Waals surface area contributed by atoms with Crippen LogP contribution < -0.4 is 5.32 Å². The third kappa shape index (κ3) is 14.9. The molecule has 7 atom stereocenters. The zero-order valence-electron chi connectivity index (χ0n) is 23.6. The molecule has 1 rings (SSSR count). The van der Waals surface area contributed by atoms with Crippen LogP contribution in [0.4, 0.5) is 0 Å². The summed E-state index contributed by atoms with van der Waals surface area (Å²) in [6.07, 6.45) is 16.5.